The first-order chi connectivity index (χ1) is 7.72. The summed E-state index contributed by atoms with van der Waals surface area (Å²) in [6.45, 7) is 3.97. The predicted molar refractivity (Wildman–Crippen MR) is 65.7 cm³/mol. The van der Waals surface area contributed by atoms with Crippen LogP contribution in [0.3, 0.4) is 0 Å². The normalized spacial score (nSPS) is 20.9. The van der Waals surface area contributed by atoms with Gasteiger partial charge < -0.3 is 10.2 Å². The monoisotopic (exact) mass is 236 g/mol. The standard InChI is InChI=1S/C11H16N4S/c1-8-10(6-12)11(16-14-8)13-7-9-4-3-5-15(9)2/h9,13H,3-5,7H2,1-2H3. The van der Waals surface area contributed by atoms with Gasteiger partial charge in [-0.25, -0.2) is 0 Å². The van der Waals surface area contributed by atoms with Crippen LogP contribution in [0.1, 0.15) is 24.1 Å². The molecule has 1 aliphatic rings. The van der Waals surface area contributed by atoms with E-state index in [0.29, 0.717) is 11.6 Å². The highest BCUT2D eigenvalue weighted by Gasteiger charge is 2.21. The lowest BCUT2D eigenvalue weighted by Gasteiger charge is -2.19. The van der Waals surface area contributed by atoms with Crippen molar-refractivity contribution in [2.45, 2.75) is 25.8 Å². The second kappa shape index (κ2) is 4.81. The second-order valence-corrected chi connectivity index (χ2v) is 5.01. The summed E-state index contributed by atoms with van der Waals surface area (Å²) in [4.78, 5) is 2.37. The van der Waals surface area contributed by atoms with E-state index in [9.17, 15) is 0 Å². The topological polar surface area (TPSA) is 52.0 Å². The number of aromatic nitrogens is 1. The minimum atomic E-state index is 0.592. The van der Waals surface area contributed by atoms with Gasteiger partial charge in [0.05, 0.1) is 5.69 Å². The van der Waals surface area contributed by atoms with E-state index in [4.69, 9.17) is 5.26 Å². The lowest BCUT2D eigenvalue weighted by molar-refractivity contribution is 0.322. The fourth-order valence-electron chi connectivity index (χ4n) is 2.07. The van der Waals surface area contributed by atoms with E-state index < -0.39 is 0 Å². The van der Waals surface area contributed by atoms with Gasteiger partial charge in [-0.3, -0.25) is 0 Å². The molecular weight excluding hydrogens is 220 g/mol. The fourth-order valence-corrected chi connectivity index (χ4v) is 2.82. The van der Waals surface area contributed by atoms with Crippen molar-refractivity contribution in [1.82, 2.24) is 9.27 Å². The summed E-state index contributed by atoms with van der Waals surface area (Å²) in [5.74, 6) is 0. The van der Waals surface area contributed by atoms with E-state index in [0.717, 1.165) is 17.2 Å². The maximum absolute atomic E-state index is 9.00. The van der Waals surface area contributed by atoms with Gasteiger partial charge in [0.15, 0.2) is 0 Å². The smallest absolute Gasteiger partial charge is 0.127 e. The average Bonchev–Trinajstić information content (AvgIpc) is 2.82. The van der Waals surface area contributed by atoms with Crippen LogP contribution in [0.15, 0.2) is 0 Å². The zero-order valence-corrected chi connectivity index (χ0v) is 10.5. The molecule has 1 fully saturated rings. The van der Waals surface area contributed by atoms with Crippen LogP contribution >= 0.6 is 11.5 Å². The number of nitrogens with one attached hydrogen (secondary N) is 1. The van der Waals surface area contributed by atoms with E-state index in [1.54, 1.807) is 0 Å². The molecule has 1 saturated heterocycles. The Morgan fingerprint density at radius 1 is 1.69 bits per heavy atom. The third-order valence-corrected chi connectivity index (χ3v) is 4.04. The van der Waals surface area contributed by atoms with Crippen LogP contribution in [0.4, 0.5) is 5.00 Å². The van der Waals surface area contributed by atoms with Gasteiger partial charge in [-0.2, -0.15) is 9.64 Å². The Morgan fingerprint density at radius 2 is 2.50 bits per heavy atom. The van der Waals surface area contributed by atoms with Crippen LogP contribution in [0.25, 0.3) is 0 Å². The number of nitriles is 1. The zero-order chi connectivity index (χ0) is 11.5. The molecule has 4 nitrogen and oxygen atoms in total. The molecule has 0 amide bonds. The van der Waals surface area contributed by atoms with E-state index in [1.165, 1.54) is 30.9 Å². The number of anilines is 1. The van der Waals surface area contributed by atoms with Gasteiger partial charge >= 0.3 is 0 Å². The zero-order valence-electron chi connectivity index (χ0n) is 9.66. The summed E-state index contributed by atoms with van der Waals surface area (Å²) in [5, 5.41) is 13.3. The molecule has 2 rings (SSSR count). The molecule has 16 heavy (non-hydrogen) atoms. The maximum Gasteiger partial charge on any atom is 0.127 e. The Balaban J connectivity index is 1.97. The van der Waals surface area contributed by atoms with Crippen molar-refractivity contribution in [3.8, 4) is 6.07 Å². The quantitative estimate of drug-likeness (QED) is 0.870. The lowest BCUT2D eigenvalue weighted by Crippen LogP contribution is -2.31. The molecular formula is C11H16N4S. The van der Waals surface area contributed by atoms with Crippen LogP contribution in [-0.4, -0.2) is 35.5 Å². The summed E-state index contributed by atoms with van der Waals surface area (Å²) in [5.41, 5.74) is 1.53. The first kappa shape index (κ1) is 11.4. The van der Waals surface area contributed by atoms with Crippen molar-refractivity contribution in [1.29, 1.82) is 5.26 Å². The highest BCUT2D eigenvalue weighted by Crippen LogP contribution is 2.24. The van der Waals surface area contributed by atoms with E-state index in [1.807, 2.05) is 6.92 Å². The molecule has 1 unspecified atom stereocenters. The largest absolute Gasteiger partial charge is 0.373 e. The Kier molecular flexibility index (Phi) is 3.42. The molecule has 0 radical (unpaired) electrons. The molecule has 1 atom stereocenters. The third-order valence-electron chi connectivity index (χ3n) is 3.14. The van der Waals surface area contributed by atoms with Gasteiger partial charge in [0.2, 0.25) is 0 Å². The molecule has 0 saturated carbocycles. The summed E-state index contributed by atoms with van der Waals surface area (Å²) in [6.07, 6.45) is 2.51. The van der Waals surface area contributed by atoms with Crippen molar-refractivity contribution >= 4 is 16.5 Å². The van der Waals surface area contributed by atoms with Crippen LogP contribution in [-0.2, 0) is 0 Å². The minimum absolute atomic E-state index is 0.592. The molecule has 0 spiro atoms. The first-order valence-corrected chi connectivity index (χ1v) is 6.30. The Hall–Kier alpha value is -1.12. The summed E-state index contributed by atoms with van der Waals surface area (Å²) >= 11 is 1.38. The van der Waals surface area contributed by atoms with Crippen molar-refractivity contribution < 1.29 is 0 Å². The van der Waals surface area contributed by atoms with Crippen molar-refractivity contribution in [3.05, 3.63) is 11.3 Å². The van der Waals surface area contributed by atoms with Gasteiger partial charge in [0.1, 0.15) is 16.6 Å². The van der Waals surface area contributed by atoms with Crippen molar-refractivity contribution in [2.75, 3.05) is 25.5 Å². The van der Waals surface area contributed by atoms with Crippen LogP contribution in [0, 0.1) is 18.3 Å². The number of likely N-dealkylation sites (tertiary alicyclic amines) is 1. The molecule has 1 aromatic heterocycles. The molecule has 0 bridgehead atoms. The molecule has 2 heterocycles. The van der Waals surface area contributed by atoms with Gasteiger partial charge in [-0.1, -0.05) is 0 Å². The first-order valence-electron chi connectivity index (χ1n) is 5.53. The highest BCUT2D eigenvalue weighted by molar-refractivity contribution is 7.10. The molecule has 86 valence electrons. The summed E-state index contributed by atoms with van der Waals surface area (Å²) < 4.78 is 4.19. The molecule has 1 aliphatic heterocycles. The highest BCUT2D eigenvalue weighted by atomic mass is 32.1. The predicted octanol–water partition coefficient (Wildman–Crippen LogP) is 1.83. The van der Waals surface area contributed by atoms with E-state index in [-0.39, 0.29) is 0 Å². The van der Waals surface area contributed by atoms with Gasteiger partial charge in [0, 0.05) is 12.6 Å². The molecule has 0 aliphatic carbocycles. The Bertz CT molecular complexity index is 407. The van der Waals surface area contributed by atoms with Crippen LogP contribution < -0.4 is 5.32 Å². The third kappa shape index (κ3) is 2.18. The number of likely N-dealkylation sites (N-methyl/N-ethyl adjacent to an activating group) is 1. The van der Waals surface area contributed by atoms with Crippen LogP contribution in [0.5, 0.6) is 0 Å². The average molecular weight is 236 g/mol. The Morgan fingerprint density at radius 3 is 3.12 bits per heavy atom. The van der Waals surface area contributed by atoms with Gasteiger partial charge in [0.25, 0.3) is 0 Å². The number of aryl methyl sites for hydroxylation is 1. The fraction of sp³-hybridized carbons (Fsp3) is 0.636. The second-order valence-electron chi connectivity index (χ2n) is 4.24. The Labute approximate surface area is 100 Å². The molecule has 1 N–H and O–H groups in total. The number of rotatable bonds is 3. The minimum Gasteiger partial charge on any atom is -0.373 e. The molecule has 5 heteroatoms. The summed E-state index contributed by atoms with van der Waals surface area (Å²) in [7, 11) is 2.16. The van der Waals surface area contributed by atoms with Crippen molar-refractivity contribution in [3.63, 3.8) is 0 Å². The number of nitrogens with zero attached hydrogens (tertiary/aromatic N) is 3. The number of hydrogen-bond donors (Lipinski definition) is 1. The van der Waals surface area contributed by atoms with E-state index in [2.05, 4.69) is 27.7 Å². The van der Waals surface area contributed by atoms with Crippen LogP contribution in [0.2, 0.25) is 0 Å². The van der Waals surface area contributed by atoms with E-state index >= 15 is 0 Å². The number of hydrogen-bond acceptors (Lipinski definition) is 5. The molecule has 0 aromatic carbocycles. The van der Waals surface area contributed by atoms with Gasteiger partial charge in [-0.15, -0.1) is 0 Å². The maximum atomic E-state index is 9.00. The lowest BCUT2D eigenvalue weighted by atomic mass is 10.2. The molecule has 1 aromatic rings. The van der Waals surface area contributed by atoms with Gasteiger partial charge in [-0.05, 0) is 44.9 Å². The SMILES string of the molecule is Cc1nsc(NCC2CCCN2C)c1C#N. The van der Waals surface area contributed by atoms with Crippen molar-refractivity contribution in [2.24, 2.45) is 0 Å². The summed E-state index contributed by atoms with van der Waals surface area (Å²) in [6, 6.07) is 2.79.